The van der Waals surface area contributed by atoms with Gasteiger partial charge in [-0.15, -0.1) is 0 Å². The van der Waals surface area contributed by atoms with Crippen molar-refractivity contribution in [3.63, 3.8) is 0 Å². The first-order chi connectivity index (χ1) is 6.71. The molecule has 1 saturated carbocycles. The third-order valence-electron chi connectivity index (χ3n) is 3.50. The minimum Gasteiger partial charge on any atom is -0.550 e. The number of hydrogen-bond donors (Lipinski definition) is 0. The summed E-state index contributed by atoms with van der Waals surface area (Å²) in [5.74, 6) is -0.798. The normalized spacial score (nSPS) is 19.3. The second kappa shape index (κ2) is 7.36. The van der Waals surface area contributed by atoms with Gasteiger partial charge in [0.15, 0.2) is 0 Å². The van der Waals surface area contributed by atoms with Crippen molar-refractivity contribution in [2.75, 3.05) is 0 Å². The van der Waals surface area contributed by atoms with Gasteiger partial charge in [0.25, 0.3) is 0 Å². The van der Waals surface area contributed by atoms with E-state index in [9.17, 15) is 9.90 Å². The van der Waals surface area contributed by atoms with E-state index in [1.54, 1.807) is 0 Å². The molecule has 0 spiro atoms. The van der Waals surface area contributed by atoms with Gasteiger partial charge in [0.2, 0.25) is 0 Å². The van der Waals surface area contributed by atoms with E-state index in [0.717, 1.165) is 51.4 Å². The smallest absolute Gasteiger partial charge is 0.550 e. The van der Waals surface area contributed by atoms with Crippen molar-refractivity contribution in [3.05, 3.63) is 0 Å². The molecule has 0 unspecified atom stereocenters. The summed E-state index contributed by atoms with van der Waals surface area (Å²) in [6.07, 6.45) is 9.22. The quantitative estimate of drug-likeness (QED) is 0.437. The second-order valence-corrected chi connectivity index (χ2v) is 4.59. The number of carbonyl (C=O) groups excluding carboxylic acids is 1. The van der Waals surface area contributed by atoms with Crippen LogP contribution in [0, 0.1) is 5.41 Å². The third kappa shape index (κ3) is 4.21. The number of carboxylic acids is 1. The number of carboxylic acid groups (broad SMARTS) is 1. The molecule has 0 aromatic heterocycles. The Balaban J connectivity index is 0.00000196. The zero-order chi connectivity index (χ0) is 10.4. The third-order valence-corrected chi connectivity index (χ3v) is 3.50. The van der Waals surface area contributed by atoms with Gasteiger partial charge >= 0.3 is 18.9 Å². The Bertz CT molecular complexity index is 186. The average Bonchev–Trinajstić information content (AvgIpc) is 2.19. The first-order valence-electron chi connectivity index (χ1n) is 5.93. The standard InChI is InChI=1S/C12H22O2.Li/c1-2-3-5-8-12(11(13)14)9-6-4-7-10-12;/h2-10H2,1H3,(H,13,14);/q;+1/p-1. The summed E-state index contributed by atoms with van der Waals surface area (Å²) in [4.78, 5) is 11.2. The number of aliphatic carboxylic acids is 1. The predicted molar refractivity (Wildman–Crippen MR) is 54.7 cm³/mol. The van der Waals surface area contributed by atoms with Crippen molar-refractivity contribution in [2.45, 2.75) is 64.7 Å². The molecule has 0 aromatic rings. The van der Waals surface area contributed by atoms with Gasteiger partial charge in [0.1, 0.15) is 0 Å². The second-order valence-electron chi connectivity index (χ2n) is 4.59. The molecule has 0 N–H and O–H groups in total. The Labute approximate surface area is 105 Å². The van der Waals surface area contributed by atoms with Crippen LogP contribution in [0.1, 0.15) is 64.7 Å². The minimum absolute atomic E-state index is 0. The van der Waals surface area contributed by atoms with Gasteiger partial charge in [-0.2, -0.15) is 0 Å². The van der Waals surface area contributed by atoms with Crippen LogP contribution < -0.4 is 24.0 Å². The van der Waals surface area contributed by atoms with Crippen molar-refractivity contribution in [2.24, 2.45) is 5.41 Å². The van der Waals surface area contributed by atoms with Gasteiger partial charge in [-0.1, -0.05) is 45.4 Å². The summed E-state index contributed by atoms with van der Waals surface area (Å²) >= 11 is 0. The zero-order valence-electron chi connectivity index (χ0n) is 10.2. The minimum atomic E-state index is -0.798. The summed E-state index contributed by atoms with van der Waals surface area (Å²) in [7, 11) is 0. The van der Waals surface area contributed by atoms with E-state index in [1.807, 2.05) is 0 Å². The first-order valence-corrected chi connectivity index (χ1v) is 5.93. The zero-order valence-corrected chi connectivity index (χ0v) is 10.2. The van der Waals surface area contributed by atoms with Gasteiger partial charge in [0, 0.05) is 11.4 Å². The fourth-order valence-corrected chi connectivity index (χ4v) is 2.50. The van der Waals surface area contributed by atoms with Crippen LogP contribution in [-0.4, -0.2) is 5.97 Å². The SMILES string of the molecule is CCCCCC1(C(=O)[O-])CCCCC1.[Li+]. The molecule has 0 amide bonds. The van der Waals surface area contributed by atoms with Crippen molar-refractivity contribution < 1.29 is 28.8 Å². The molecule has 82 valence electrons. The van der Waals surface area contributed by atoms with Crippen LogP contribution >= 0.6 is 0 Å². The van der Waals surface area contributed by atoms with E-state index in [4.69, 9.17) is 0 Å². The molecule has 2 nitrogen and oxygen atoms in total. The summed E-state index contributed by atoms with van der Waals surface area (Å²) < 4.78 is 0. The van der Waals surface area contributed by atoms with Crippen LogP contribution in [0.15, 0.2) is 0 Å². The van der Waals surface area contributed by atoms with Crippen LogP contribution in [0.5, 0.6) is 0 Å². The van der Waals surface area contributed by atoms with Crippen molar-refractivity contribution >= 4 is 5.97 Å². The molecule has 0 radical (unpaired) electrons. The largest absolute Gasteiger partial charge is 1.00 e. The summed E-state index contributed by atoms with van der Waals surface area (Å²) in [6.45, 7) is 2.15. The van der Waals surface area contributed by atoms with Gasteiger partial charge < -0.3 is 9.90 Å². The summed E-state index contributed by atoms with van der Waals surface area (Å²) in [6, 6.07) is 0. The Morgan fingerprint density at radius 3 is 2.27 bits per heavy atom. The molecule has 0 atom stereocenters. The molecule has 1 aliphatic rings. The Kier molecular flexibility index (Phi) is 7.39. The number of unbranched alkanes of at least 4 members (excludes halogenated alkanes) is 2. The number of hydrogen-bond acceptors (Lipinski definition) is 2. The molecule has 1 fully saturated rings. The van der Waals surface area contributed by atoms with Crippen molar-refractivity contribution in [1.29, 1.82) is 0 Å². The van der Waals surface area contributed by atoms with Gasteiger partial charge in [-0.05, 0) is 19.3 Å². The molecular weight excluding hydrogens is 183 g/mol. The maximum atomic E-state index is 11.2. The molecule has 1 aliphatic carbocycles. The number of rotatable bonds is 5. The van der Waals surface area contributed by atoms with Crippen molar-refractivity contribution in [3.8, 4) is 0 Å². The van der Waals surface area contributed by atoms with E-state index in [-0.39, 0.29) is 18.9 Å². The molecular formula is C12H21LiO2. The topological polar surface area (TPSA) is 40.1 Å². The fraction of sp³-hybridized carbons (Fsp3) is 0.917. The molecule has 1 rings (SSSR count). The summed E-state index contributed by atoms with van der Waals surface area (Å²) in [5, 5.41) is 11.2. The predicted octanol–water partition coefficient (Wildman–Crippen LogP) is -0.729. The molecule has 0 aromatic carbocycles. The maximum Gasteiger partial charge on any atom is 1.00 e. The summed E-state index contributed by atoms with van der Waals surface area (Å²) in [5.41, 5.74) is -0.465. The first kappa shape index (κ1) is 15.1. The Morgan fingerprint density at radius 2 is 1.80 bits per heavy atom. The molecule has 0 aliphatic heterocycles. The monoisotopic (exact) mass is 204 g/mol. The number of carbonyl (C=O) groups is 1. The van der Waals surface area contributed by atoms with Gasteiger partial charge in [-0.3, -0.25) is 0 Å². The van der Waals surface area contributed by atoms with E-state index in [2.05, 4.69) is 6.92 Å². The van der Waals surface area contributed by atoms with Crippen LogP contribution in [0.2, 0.25) is 0 Å². The van der Waals surface area contributed by atoms with Gasteiger partial charge in [-0.25, -0.2) is 0 Å². The van der Waals surface area contributed by atoms with Crippen LogP contribution in [-0.2, 0) is 4.79 Å². The molecule has 0 saturated heterocycles. The van der Waals surface area contributed by atoms with Crippen LogP contribution in [0.4, 0.5) is 0 Å². The van der Waals surface area contributed by atoms with E-state index >= 15 is 0 Å². The molecule has 0 heterocycles. The van der Waals surface area contributed by atoms with Crippen molar-refractivity contribution in [1.82, 2.24) is 0 Å². The average molecular weight is 204 g/mol. The van der Waals surface area contributed by atoms with E-state index in [0.29, 0.717) is 0 Å². The van der Waals surface area contributed by atoms with Gasteiger partial charge in [0.05, 0.1) is 0 Å². The Hall–Kier alpha value is 0.0674. The van der Waals surface area contributed by atoms with E-state index in [1.165, 1.54) is 6.42 Å². The van der Waals surface area contributed by atoms with Crippen LogP contribution in [0.25, 0.3) is 0 Å². The van der Waals surface area contributed by atoms with E-state index < -0.39 is 11.4 Å². The Morgan fingerprint density at radius 1 is 1.20 bits per heavy atom. The molecule has 0 bridgehead atoms. The maximum absolute atomic E-state index is 11.2. The molecule has 3 heteroatoms. The van der Waals surface area contributed by atoms with Crippen LogP contribution in [0.3, 0.4) is 0 Å². The molecule has 15 heavy (non-hydrogen) atoms. The fourth-order valence-electron chi connectivity index (χ4n) is 2.50.